The summed E-state index contributed by atoms with van der Waals surface area (Å²) in [4.78, 5) is 17.9. The molecule has 2 aromatic rings. The van der Waals surface area contributed by atoms with Gasteiger partial charge in [-0.05, 0) is 54.8 Å². The van der Waals surface area contributed by atoms with Gasteiger partial charge in [-0.1, -0.05) is 18.2 Å². The summed E-state index contributed by atoms with van der Waals surface area (Å²) in [6, 6.07) is 12.1. The predicted molar refractivity (Wildman–Crippen MR) is 88.8 cm³/mol. The third kappa shape index (κ3) is 3.39. The van der Waals surface area contributed by atoms with Gasteiger partial charge >= 0.3 is 0 Å². The van der Waals surface area contributed by atoms with E-state index >= 15 is 0 Å². The van der Waals surface area contributed by atoms with E-state index in [0.717, 1.165) is 11.3 Å². The van der Waals surface area contributed by atoms with E-state index in [2.05, 4.69) is 17.2 Å². The quantitative estimate of drug-likeness (QED) is 0.945. The van der Waals surface area contributed by atoms with Crippen LogP contribution in [-0.2, 0) is 11.3 Å². The zero-order valence-corrected chi connectivity index (χ0v) is 13.1. The third-order valence-corrected chi connectivity index (χ3v) is 3.94. The van der Waals surface area contributed by atoms with Crippen LogP contribution in [0.5, 0.6) is 0 Å². The Hall–Kier alpha value is -2.69. The zero-order valence-electron chi connectivity index (χ0n) is 13.1. The number of carbonyl (C=O) groups excluding carboxylic acids is 1. The molecule has 0 saturated heterocycles. The normalized spacial score (nSPS) is 14.1. The number of nitrogens with zero attached hydrogens (tertiary/aromatic N) is 2. The predicted octanol–water partition coefficient (Wildman–Crippen LogP) is 3.25. The molecule has 1 heterocycles. The van der Waals surface area contributed by atoms with E-state index in [1.165, 1.54) is 23.3 Å². The molecule has 3 rings (SSSR count). The van der Waals surface area contributed by atoms with Gasteiger partial charge in [0, 0.05) is 5.69 Å². The lowest BCUT2D eigenvalue weighted by Crippen LogP contribution is -2.36. The van der Waals surface area contributed by atoms with E-state index in [9.17, 15) is 9.18 Å². The van der Waals surface area contributed by atoms with Gasteiger partial charge in [0.15, 0.2) is 0 Å². The molecule has 0 aliphatic carbocycles. The minimum Gasteiger partial charge on any atom is -0.326 e. The Kier molecular flexibility index (Phi) is 4.10. The SMILES string of the molecule is Cc1ccc(NC2=NCC(=O)N2Cc2ccc(F)cc2)cc1C. The first kappa shape index (κ1) is 15.2. The summed E-state index contributed by atoms with van der Waals surface area (Å²) in [7, 11) is 0. The number of aliphatic imine (C=N–C) groups is 1. The van der Waals surface area contributed by atoms with E-state index < -0.39 is 0 Å². The van der Waals surface area contributed by atoms with Crippen molar-refractivity contribution in [3.63, 3.8) is 0 Å². The highest BCUT2D eigenvalue weighted by atomic mass is 19.1. The Morgan fingerprint density at radius 1 is 1.13 bits per heavy atom. The van der Waals surface area contributed by atoms with E-state index in [1.54, 1.807) is 17.0 Å². The second kappa shape index (κ2) is 6.20. The fourth-order valence-electron chi connectivity index (χ4n) is 2.42. The molecule has 4 nitrogen and oxygen atoms in total. The van der Waals surface area contributed by atoms with E-state index in [0.29, 0.717) is 12.5 Å². The van der Waals surface area contributed by atoms with Gasteiger partial charge in [-0.2, -0.15) is 0 Å². The van der Waals surface area contributed by atoms with Crippen LogP contribution in [0.25, 0.3) is 0 Å². The number of aryl methyl sites for hydroxylation is 2. The first-order valence-corrected chi connectivity index (χ1v) is 7.46. The molecule has 0 unspecified atom stereocenters. The second-order valence-electron chi connectivity index (χ2n) is 5.67. The maximum absolute atomic E-state index is 13.0. The van der Waals surface area contributed by atoms with Gasteiger partial charge in [0.25, 0.3) is 5.91 Å². The molecule has 0 aromatic heterocycles. The van der Waals surface area contributed by atoms with Crippen molar-refractivity contribution in [1.29, 1.82) is 0 Å². The Morgan fingerprint density at radius 2 is 1.87 bits per heavy atom. The van der Waals surface area contributed by atoms with Gasteiger partial charge in [0.1, 0.15) is 12.4 Å². The van der Waals surface area contributed by atoms with Crippen LogP contribution >= 0.6 is 0 Å². The Bertz CT molecular complexity index is 768. The summed E-state index contributed by atoms with van der Waals surface area (Å²) in [5.74, 6) is 0.173. The van der Waals surface area contributed by atoms with Crippen molar-refractivity contribution in [1.82, 2.24) is 4.90 Å². The highest BCUT2D eigenvalue weighted by molar-refractivity contribution is 6.08. The van der Waals surface area contributed by atoms with Gasteiger partial charge in [0.2, 0.25) is 5.96 Å². The topological polar surface area (TPSA) is 44.7 Å². The summed E-state index contributed by atoms with van der Waals surface area (Å²) in [6.07, 6.45) is 0. The van der Waals surface area contributed by atoms with Crippen LogP contribution in [0.4, 0.5) is 10.1 Å². The number of halogens is 1. The number of hydrogen-bond acceptors (Lipinski definition) is 3. The van der Waals surface area contributed by atoms with Crippen LogP contribution in [0.15, 0.2) is 47.5 Å². The van der Waals surface area contributed by atoms with Crippen molar-refractivity contribution in [2.45, 2.75) is 20.4 Å². The van der Waals surface area contributed by atoms with Crippen LogP contribution in [0.1, 0.15) is 16.7 Å². The fraction of sp³-hybridized carbons (Fsp3) is 0.222. The monoisotopic (exact) mass is 311 g/mol. The van der Waals surface area contributed by atoms with Crippen molar-refractivity contribution >= 4 is 17.6 Å². The van der Waals surface area contributed by atoms with Crippen LogP contribution in [0.3, 0.4) is 0 Å². The summed E-state index contributed by atoms with van der Waals surface area (Å²) in [5.41, 5.74) is 4.13. The van der Waals surface area contributed by atoms with Crippen LogP contribution in [0.2, 0.25) is 0 Å². The molecule has 118 valence electrons. The highest BCUT2D eigenvalue weighted by Crippen LogP contribution is 2.17. The van der Waals surface area contributed by atoms with Gasteiger partial charge in [-0.3, -0.25) is 9.69 Å². The average molecular weight is 311 g/mol. The molecular weight excluding hydrogens is 293 g/mol. The number of nitrogens with one attached hydrogen (secondary N) is 1. The van der Waals surface area contributed by atoms with Gasteiger partial charge in [-0.15, -0.1) is 0 Å². The lowest BCUT2D eigenvalue weighted by atomic mass is 10.1. The van der Waals surface area contributed by atoms with Gasteiger partial charge in [-0.25, -0.2) is 9.38 Å². The van der Waals surface area contributed by atoms with Crippen molar-refractivity contribution < 1.29 is 9.18 Å². The maximum Gasteiger partial charge on any atom is 0.251 e. The average Bonchev–Trinajstić information content (AvgIpc) is 2.86. The summed E-state index contributed by atoms with van der Waals surface area (Å²) < 4.78 is 13.0. The first-order valence-electron chi connectivity index (χ1n) is 7.46. The number of anilines is 1. The zero-order chi connectivity index (χ0) is 16.4. The van der Waals surface area contributed by atoms with E-state index in [1.807, 2.05) is 25.1 Å². The molecular formula is C18H18FN3O. The summed E-state index contributed by atoms with van der Waals surface area (Å²) >= 11 is 0. The van der Waals surface area contributed by atoms with Crippen molar-refractivity contribution in [3.8, 4) is 0 Å². The molecule has 5 heteroatoms. The standard InChI is InChI=1S/C18H18FN3O/c1-12-3-8-16(9-13(12)2)21-18-20-10-17(23)22(18)11-14-4-6-15(19)7-5-14/h3-9H,10-11H2,1-2H3,(H,20,21). The van der Waals surface area contributed by atoms with Crippen LogP contribution in [-0.4, -0.2) is 23.3 Å². The van der Waals surface area contributed by atoms with E-state index in [-0.39, 0.29) is 18.3 Å². The lowest BCUT2D eigenvalue weighted by molar-refractivity contribution is -0.125. The number of rotatable bonds is 3. The molecule has 1 N–H and O–H groups in total. The maximum atomic E-state index is 13.0. The smallest absolute Gasteiger partial charge is 0.251 e. The largest absolute Gasteiger partial charge is 0.326 e. The van der Waals surface area contributed by atoms with Crippen LogP contribution < -0.4 is 5.32 Å². The number of guanidine groups is 1. The number of hydrogen-bond donors (Lipinski definition) is 1. The molecule has 0 radical (unpaired) electrons. The number of benzene rings is 2. The fourth-order valence-corrected chi connectivity index (χ4v) is 2.42. The van der Waals surface area contributed by atoms with Crippen LogP contribution in [0, 0.1) is 19.7 Å². The highest BCUT2D eigenvalue weighted by Gasteiger charge is 2.25. The molecule has 0 fully saturated rings. The molecule has 1 aliphatic heterocycles. The van der Waals surface area contributed by atoms with Crippen molar-refractivity contribution in [3.05, 3.63) is 65.0 Å². The van der Waals surface area contributed by atoms with Gasteiger partial charge in [0.05, 0.1) is 6.54 Å². The number of amides is 1. The summed E-state index contributed by atoms with van der Waals surface area (Å²) in [6.45, 7) is 4.60. The Labute approximate surface area is 134 Å². The minimum atomic E-state index is -0.288. The molecule has 0 atom stereocenters. The van der Waals surface area contributed by atoms with E-state index in [4.69, 9.17) is 0 Å². The Morgan fingerprint density at radius 3 is 2.57 bits per heavy atom. The van der Waals surface area contributed by atoms with Crippen molar-refractivity contribution in [2.75, 3.05) is 11.9 Å². The molecule has 0 spiro atoms. The molecule has 0 bridgehead atoms. The van der Waals surface area contributed by atoms with Crippen molar-refractivity contribution in [2.24, 2.45) is 4.99 Å². The molecule has 0 saturated carbocycles. The summed E-state index contributed by atoms with van der Waals surface area (Å²) in [5, 5.41) is 3.20. The van der Waals surface area contributed by atoms with Gasteiger partial charge < -0.3 is 5.32 Å². The molecule has 23 heavy (non-hydrogen) atoms. The Balaban J connectivity index is 1.76. The minimum absolute atomic E-state index is 0.0688. The number of carbonyl (C=O) groups is 1. The second-order valence-corrected chi connectivity index (χ2v) is 5.67. The molecule has 2 aromatic carbocycles. The first-order chi connectivity index (χ1) is 11.0. The molecule has 1 amide bonds. The molecule has 1 aliphatic rings. The lowest BCUT2D eigenvalue weighted by Gasteiger charge is -2.20. The third-order valence-electron chi connectivity index (χ3n) is 3.94.